The van der Waals surface area contributed by atoms with Crippen LogP contribution in [0.3, 0.4) is 0 Å². The number of imidazole rings is 1. The number of rotatable bonds is 12. The molecular weight excluding hydrogens is 644 g/mol. The molecule has 0 unspecified atom stereocenters. The highest BCUT2D eigenvalue weighted by atomic mass is 16.6. The molecule has 1 saturated heterocycles. The van der Waals surface area contributed by atoms with E-state index in [-0.39, 0.29) is 6.61 Å². The van der Waals surface area contributed by atoms with Gasteiger partial charge in [0.15, 0.2) is 17.0 Å². The highest BCUT2D eigenvalue weighted by Crippen LogP contribution is 2.43. The van der Waals surface area contributed by atoms with E-state index in [9.17, 15) is 5.11 Å². The van der Waals surface area contributed by atoms with Crippen molar-refractivity contribution in [1.29, 1.82) is 0 Å². The zero-order valence-electron chi connectivity index (χ0n) is 29.0. The van der Waals surface area contributed by atoms with Gasteiger partial charge in [0.1, 0.15) is 41.6 Å². The minimum Gasteiger partial charge on any atom is -0.497 e. The largest absolute Gasteiger partial charge is 0.497 e. The molecule has 11 heteroatoms. The predicted molar refractivity (Wildman–Crippen MR) is 195 cm³/mol. The molecule has 2 aromatic heterocycles. The Hall–Kier alpha value is -5.62. The molecule has 3 atom stereocenters. The molecule has 51 heavy (non-hydrogen) atoms. The summed E-state index contributed by atoms with van der Waals surface area (Å²) >= 11 is 0. The summed E-state index contributed by atoms with van der Waals surface area (Å²) in [5.41, 5.74) is 3.59. The lowest BCUT2D eigenvalue weighted by molar-refractivity contribution is -0.0928. The van der Waals surface area contributed by atoms with Crippen molar-refractivity contribution in [2.24, 2.45) is 4.99 Å². The Balaban J connectivity index is 1.28. The molecule has 3 heterocycles. The van der Waals surface area contributed by atoms with Gasteiger partial charge in [-0.1, -0.05) is 84.9 Å². The van der Waals surface area contributed by atoms with E-state index in [1.54, 1.807) is 20.6 Å². The van der Waals surface area contributed by atoms with Gasteiger partial charge in [-0.2, -0.15) is 0 Å². The van der Waals surface area contributed by atoms with Gasteiger partial charge in [-0.3, -0.25) is 4.57 Å². The quantitative estimate of drug-likeness (QED) is 0.0890. The number of aromatic nitrogens is 4. The van der Waals surface area contributed by atoms with Gasteiger partial charge in [0, 0.05) is 26.1 Å². The van der Waals surface area contributed by atoms with Gasteiger partial charge >= 0.3 is 0 Å². The van der Waals surface area contributed by atoms with Gasteiger partial charge in [0.2, 0.25) is 0 Å². The standard InChI is InChI=1S/C40H40N6O5/c1-45(2)26-43-37-36-39(42-25-41-37)46(38(44-36)27-11-7-5-8-12-27)35-23-33(47)34(51-35)24-50-40(28-13-9-6-10-14-28,29-15-19-31(48-3)20-16-29)30-17-21-32(49-4)22-18-30/h5-22,25-26,33-35,47H,23-24H2,1-4H3/t33-,34+,35+/m0/s1. The van der Waals surface area contributed by atoms with Crippen LogP contribution in [0.2, 0.25) is 0 Å². The topological polar surface area (TPSA) is 116 Å². The Morgan fingerprint density at radius 2 is 1.43 bits per heavy atom. The zero-order valence-corrected chi connectivity index (χ0v) is 29.0. The second-order valence-electron chi connectivity index (χ2n) is 12.5. The van der Waals surface area contributed by atoms with Crippen LogP contribution in [0.15, 0.2) is 121 Å². The van der Waals surface area contributed by atoms with Gasteiger partial charge in [-0.25, -0.2) is 19.9 Å². The first-order valence-electron chi connectivity index (χ1n) is 16.7. The van der Waals surface area contributed by atoms with E-state index in [0.717, 1.165) is 33.8 Å². The lowest BCUT2D eigenvalue weighted by Gasteiger charge is -2.37. The first kappa shape index (κ1) is 33.9. The van der Waals surface area contributed by atoms with E-state index < -0.39 is 24.0 Å². The lowest BCUT2D eigenvalue weighted by Crippen LogP contribution is -2.38. The van der Waals surface area contributed by atoms with Gasteiger partial charge in [-0.05, 0) is 41.0 Å². The second kappa shape index (κ2) is 14.7. The fourth-order valence-corrected chi connectivity index (χ4v) is 6.53. The number of ether oxygens (including phenoxy) is 4. The average molecular weight is 685 g/mol. The highest BCUT2D eigenvalue weighted by Gasteiger charge is 2.43. The minimum atomic E-state index is -1.07. The minimum absolute atomic E-state index is 0.0747. The summed E-state index contributed by atoms with van der Waals surface area (Å²) in [6.45, 7) is 0.0747. The molecule has 0 bridgehead atoms. The zero-order chi connectivity index (χ0) is 35.4. The first-order chi connectivity index (χ1) is 24.9. The molecule has 0 aliphatic carbocycles. The molecule has 1 aliphatic heterocycles. The molecule has 1 aliphatic rings. The monoisotopic (exact) mass is 684 g/mol. The van der Waals surface area contributed by atoms with Crippen molar-refractivity contribution >= 4 is 23.3 Å². The molecule has 0 saturated carbocycles. The fraction of sp³-hybridized carbons (Fsp3) is 0.250. The van der Waals surface area contributed by atoms with E-state index >= 15 is 0 Å². The maximum absolute atomic E-state index is 11.6. The molecule has 260 valence electrons. The number of aliphatic imine (C=N–C) groups is 1. The lowest BCUT2D eigenvalue weighted by atomic mass is 9.80. The normalized spacial score (nSPS) is 17.6. The Labute approximate surface area is 296 Å². The molecule has 6 aromatic rings. The van der Waals surface area contributed by atoms with Crippen molar-refractivity contribution < 1.29 is 24.1 Å². The summed E-state index contributed by atoms with van der Waals surface area (Å²) in [6.07, 6.45) is 1.33. The fourth-order valence-electron chi connectivity index (χ4n) is 6.53. The maximum Gasteiger partial charge on any atom is 0.185 e. The molecular formula is C40H40N6O5. The van der Waals surface area contributed by atoms with Crippen LogP contribution in [-0.2, 0) is 15.1 Å². The summed E-state index contributed by atoms with van der Waals surface area (Å²) < 4.78 is 26.7. The number of benzene rings is 4. The van der Waals surface area contributed by atoms with Gasteiger partial charge in [0.25, 0.3) is 0 Å². The first-order valence-corrected chi connectivity index (χ1v) is 16.7. The van der Waals surface area contributed by atoms with Crippen LogP contribution in [0.25, 0.3) is 22.6 Å². The predicted octanol–water partition coefficient (Wildman–Crippen LogP) is 6.39. The van der Waals surface area contributed by atoms with Crippen LogP contribution < -0.4 is 9.47 Å². The molecule has 7 rings (SSSR count). The van der Waals surface area contributed by atoms with Gasteiger partial charge < -0.3 is 29.0 Å². The third-order valence-electron chi connectivity index (χ3n) is 9.03. The summed E-state index contributed by atoms with van der Waals surface area (Å²) in [6, 6.07) is 35.6. The van der Waals surface area contributed by atoms with Gasteiger partial charge in [0.05, 0.1) is 33.3 Å². The van der Waals surface area contributed by atoms with Crippen molar-refractivity contribution in [2.75, 3.05) is 34.9 Å². The maximum atomic E-state index is 11.6. The molecule has 0 radical (unpaired) electrons. The summed E-state index contributed by atoms with van der Waals surface area (Å²) in [4.78, 5) is 20.4. The van der Waals surface area contributed by atoms with Crippen LogP contribution in [0.1, 0.15) is 29.3 Å². The number of hydrogen-bond acceptors (Lipinski definition) is 9. The van der Waals surface area contributed by atoms with Crippen molar-refractivity contribution in [1.82, 2.24) is 24.4 Å². The number of nitrogens with zero attached hydrogens (tertiary/aromatic N) is 6. The average Bonchev–Trinajstić information content (AvgIpc) is 3.75. The molecule has 0 spiro atoms. The number of hydrogen-bond donors (Lipinski definition) is 1. The van der Waals surface area contributed by atoms with Gasteiger partial charge in [-0.15, -0.1) is 0 Å². The number of aliphatic hydroxyl groups is 1. The number of aliphatic hydroxyl groups excluding tert-OH is 1. The Morgan fingerprint density at radius 1 is 0.843 bits per heavy atom. The smallest absolute Gasteiger partial charge is 0.185 e. The van der Waals surface area contributed by atoms with E-state index in [2.05, 4.69) is 15.0 Å². The SMILES string of the molecule is COc1ccc(C(OC[C@H]2O[C@@H](n3c(-c4ccccc4)nc4c(N=CN(C)C)ncnc43)C[C@@H]2O)(c2ccccc2)c2ccc(OC)cc2)cc1. The van der Waals surface area contributed by atoms with E-state index in [1.165, 1.54) is 6.33 Å². The van der Waals surface area contributed by atoms with Crippen LogP contribution in [0.4, 0.5) is 5.82 Å². The summed E-state index contributed by atoms with van der Waals surface area (Å²) in [7, 11) is 7.07. The van der Waals surface area contributed by atoms with Crippen molar-refractivity contribution in [2.45, 2.75) is 30.5 Å². The van der Waals surface area contributed by atoms with Crippen LogP contribution in [0, 0.1) is 0 Å². The third kappa shape index (κ3) is 6.66. The molecule has 0 amide bonds. The Bertz CT molecular complexity index is 2040. The van der Waals surface area contributed by atoms with E-state index in [0.29, 0.717) is 29.2 Å². The second-order valence-corrected chi connectivity index (χ2v) is 12.5. The van der Waals surface area contributed by atoms with Crippen LogP contribution in [-0.4, -0.2) is 83.0 Å². The third-order valence-corrected chi connectivity index (χ3v) is 9.03. The summed E-state index contributed by atoms with van der Waals surface area (Å²) in [5, 5.41) is 11.6. The molecule has 4 aromatic carbocycles. The highest BCUT2D eigenvalue weighted by molar-refractivity contribution is 5.86. The van der Waals surface area contributed by atoms with Crippen molar-refractivity contribution in [3.05, 3.63) is 132 Å². The van der Waals surface area contributed by atoms with E-state index in [1.807, 2.05) is 133 Å². The Morgan fingerprint density at radius 3 is 2.02 bits per heavy atom. The number of fused-ring (bicyclic) bond motifs is 1. The van der Waals surface area contributed by atoms with Crippen LogP contribution in [0.5, 0.6) is 11.5 Å². The van der Waals surface area contributed by atoms with Crippen molar-refractivity contribution in [3.8, 4) is 22.9 Å². The van der Waals surface area contributed by atoms with E-state index in [4.69, 9.17) is 23.9 Å². The molecule has 11 nitrogen and oxygen atoms in total. The number of methoxy groups -OCH3 is 2. The summed E-state index contributed by atoms with van der Waals surface area (Å²) in [5.74, 6) is 2.54. The van der Waals surface area contributed by atoms with Crippen molar-refractivity contribution in [3.63, 3.8) is 0 Å². The Kier molecular flexibility index (Phi) is 9.76. The molecule has 1 N–H and O–H groups in total. The van der Waals surface area contributed by atoms with Crippen LogP contribution >= 0.6 is 0 Å². The molecule has 1 fully saturated rings.